The molecule has 1 N–H and O–H groups in total. The number of hydrogen-bond donors (Lipinski definition) is 1. The third kappa shape index (κ3) is 7.73. The highest BCUT2D eigenvalue weighted by Gasteiger charge is 2.28. The monoisotopic (exact) mass is 619 g/mol. The molecule has 6 nitrogen and oxygen atoms in total. The molecule has 3 rings (SSSR count). The molecule has 0 saturated carbocycles. The lowest BCUT2D eigenvalue weighted by Gasteiger charge is -2.31. The van der Waals surface area contributed by atoms with E-state index in [4.69, 9.17) is 39.5 Å². The van der Waals surface area contributed by atoms with Crippen molar-refractivity contribution in [3.8, 4) is 11.5 Å². The van der Waals surface area contributed by atoms with Gasteiger partial charge in [-0.2, -0.15) is 0 Å². The van der Waals surface area contributed by atoms with Crippen LogP contribution in [-0.4, -0.2) is 62.6 Å². The summed E-state index contributed by atoms with van der Waals surface area (Å²) >= 11 is 19.4. The van der Waals surface area contributed by atoms with Crippen molar-refractivity contribution in [1.29, 1.82) is 0 Å². The Balaban J connectivity index is 2.16. The fraction of sp³-hybridized carbons (Fsp3) is 0.406. The Morgan fingerprint density at radius 3 is 2.22 bits per heavy atom. The average Bonchev–Trinajstić information content (AvgIpc) is 2.97. The number of ether oxygens (including phenoxy) is 1. The zero-order valence-corrected chi connectivity index (χ0v) is 26.9. The van der Waals surface area contributed by atoms with Gasteiger partial charge in [0, 0.05) is 50.9 Å². The van der Waals surface area contributed by atoms with Crippen molar-refractivity contribution < 1.29 is 14.6 Å². The van der Waals surface area contributed by atoms with Crippen molar-refractivity contribution >= 4 is 57.6 Å². The number of ketones is 1. The van der Waals surface area contributed by atoms with Crippen molar-refractivity contribution in [3.05, 3.63) is 76.9 Å². The Morgan fingerprint density at radius 1 is 0.951 bits per heavy atom. The number of rotatable bonds is 14. The number of hydrogen-bond acceptors (Lipinski definition) is 6. The van der Waals surface area contributed by atoms with Gasteiger partial charge in [-0.3, -0.25) is 4.79 Å². The van der Waals surface area contributed by atoms with Crippen LogP contribution in [0.4, 0.5) is 17.1 Å². The highest BCUT2D eigenvalue weighted by Crippen LogP contribution is 2.44. The molecule has 41 heavy (non-hydrogen) atoms. The lowest BCUT2D eigenvalue weighted by molar-refractivity contribution is 0.103. The first kappa shape index (κ1) is 32.7. The molecule has 0 spiro atoms. The maximum absolute atomic E-state index is 14.4. The fourth-order valence-electron chi connectivity index (χ4n) is 4.72. The van der Waals surface area contributed by atoms with E-state index in [-0.39, 0.29) is 28.3 Å². The molecular weight excluding hydrogens is 581 g/mol. The van der Waals surface area contributed by atoms with E-state index in [0.29, 0.717) is 48.8 Å². The molecule has 3 aromatic rings. The van der Waals surface area contributed by atoms with Gasteiger partial charge >= 0.3 is 0 Å². The van der Waals surface area contributed by atoms with E-state index in [1.807, 2.05) is 92.9 Å². The highest BCUT2D eigenvalue weighted by atomic mass is 35.5. The van der Waals surface area contributed by atoms with Crippen molar-refractivity contribution in [3.63, 3.8) is 0 Å². The Kier molecular flexibility index (Phi) is 11.9. The smallest absolute Gasteiger partial charge is 0.195 e. The minimum Gasteiger partial charge on any atom is -0.508 e. The maximum Gasteiger partial charge on any atom is 0.195 e. The Morgan fingerprint density at radius 2 is 1.63 bits per heavy atom. The standard InChI is InChI=1S/C32H40Cl3N3O3/c1-7-36(5)29-17-26(22(4)30(38(8-2)20-33)32(29)41-19-21(3)34)31(40)25-15-14-24(39)16-28(25)37(6)18-27(35)23-12-10-9-11-13-23/h9-17,21,27,39H,7-8,18-20H2,1-6H3. The number of halogens is 3. The summed E-state index contributed by atoms with van der Waals surface area (Å²) in [5, 5.41) is 9.87. The topological polar surface area (TPSA) is 56.3 Å². The van der Waals surface area contributed by atoms with Crippen LogP contribution >= 0.6 is 34.8 Å². The van der Waals surface area contributed by atoms with Crippen LogP contribution in [0.1, 0.15) is 53.2 Å². The van der Waals surface area contributed by atoms with Crippen molar-refractivity contribution in [1.82, 2.24) is 0 Å². The normalized spacial score (nSPS) is 12.5. The first-order chi connectivity index (χ1) is 19.5. The summed E-state index contributed by atoms with van der Waals surface area (Å²) in [6.07, 6.45) is 0. The number of carbonyl (C=O) groups is 1. The van der Waals surface area contributed by atoms with E-state index < -0.39 is 0 Å². The predicted octanol–water partition coefficient (Wildman–Crippen LogP) is 7.83. The van der Waals surface area contributed by atoms with Gasteiger partial charge in [-0.15, -0.1) is 34.8 Å². The molecular formula is C32H40Cl3N3O3. The molecule has 2 atom stereocenters. The molecule has 0 aliphatic carbocycles. The number of phenolic OH excluding ortho intramolecular Hbond substituents is 1. The average molecular weight is 621 g/mol. The minimum absolute atomic E-state index is 0.0660. The Bertz CT molecular complexity index is 1320. The van der Waals surface area contributed by atoms with Crippen LogP contribution in [0, 0.1) is 6.92 Å². The van der Waals surface area contributed by atoms with E-state index in [2.05, 4.69) is 0 Å². The summed E-state index contributed by atoms with van der Waals surface area (Å²) in [5.74, 6) is 0.538. The molecule has 0 aliphatic heterocycles. The van der Waals surface area contributed by atoms with Crippen LogP contribution in [0.3, 0.4) is 0 Å². The van der Waals surface area contributed by atoms with E-state index in [9.17, 15) is 9.90 Å². The van der Waals surface area contributed by atoms with Gasteiger partial charge in [0.05, 0.1) is 33.8 Å². The number of aromatic hydroxyl groups is 1. The SMILES string of the molecule is CCN(C)c1cc(C(=O)c2ccc(O)cc2N(C)CC(Cl)c2ccccc2)c(C)c(N(CC)CCl)c1OCC(C)Cl. The van der Waals surface area contributed by atoms with Gasteiger partial charge in [-0.05, 0) is 57.0 Å². The van der Waals surface area contributed by atoms with Crippen molar-refractivity contribution in [2.24, 2.45) is 0 Å². The predicted molar refractivity (Wildman–Crippen MR) is 175 cm³/mol. The van der Waals surface area contributed by atoms with Crippen LogP contribution in [0.25, 0.3) is 0 Å². The van der Waals surface area contributed by atoms with Crippen LogP contribution in [0.2, 0.25) is 0 Å². The maximum atomic E-state index is 14.4. The minimum atomic E-state index is -0.313. The zero-order chi connectivity index (χ0) is 30.3. The number of alkyl halides is 3. The molecule has 222 valence electrons. The molecule has 0 aromatic heterocycles. The summed E-state index contributed by atoms with van der Waals surface area (Å²) in [6, 6.07) is 16.7. The first-order valence-electron chi connectivity index (χ1n) is 13.8. The molecule has 3 aromatic carbocycles. The largest absolute Gasteiger partial charge is 0.508 e. The van der Waals surface area contributed by atoms with Gasteiger partial charge in [-0.25, -0.2) is 0 Å². The highest BCUT2D eigenvalue weighted by molar-refractivity contribution is 6.21. The second kappa shape index (κ2) is 14.9. The summed E-state index contributed by atoms with van der Waals surface area (Å²) in [7, 11) is 3.83. The van der Waals surface area contributed by atoms with E-state index in [0.717, 1.165) is 22.5 Å². The van der Waals surface area contributed by atoms with Gasteiger partial charge < -0.3 is 24.5 Å². The number of anilines is 3. The number of benzene rings is 3. The van der Waals surface area contributed by atoms with Gasteiger partial charge in [0.2, 0.25) is 0 Å². The number of nitrogens with zero attached hydrogens (tertiary/aromatic N) is 3. The molecule has 0 heterocycles. The summed E-state index contributed by atoms with van der Waals surface area (Å²) in [5.41, 5.74) is 4.84. The number of likely N-dealkylation sites (N-methyl/N-ethyl adjacent to an activating group) is 1. The lowest BCUT2D eigenvalue weighted by Crippen LogP contribution is -2.27. The Hall–Kier alpha value is -2.80. The van der Waals surface area contributed by atoms with Crippen LogP contribution in [0.5, 0.6) is 11.5 Å². The number of carbonyl (C=O) groups excluding carboxylic acids is 1. The Labute approximate surface area is 259 Å². The molecule has 0 aliphatic rings. The number of phenols is 1. The molecule has 0 amide bonds. The van der Waals surface area contributed by atoms with Crippen molar-refractivity contribution in [2.45, 2.75) is 38.4 Å². The first-order valence-corrected chi connectivity index (χ1v) is 15.2. The molecule has 0 saturated heterocycles. The van der Waals surface area contributed by atoms with Crippen LogP contribution in [-0.2, 0) is 0 Å². The van der Waals surface area contributed by atoms with Gasteiger partial charge in [0.15, 0.2) is 11.5 Å². The van der Waals surface area contributed by atoms with Gasteiger partial charge in [0.25, 0.3) is 0 Å². The third-order valence-corrected chi connectivity index (χ3v) is 7.95. The van der Waals surface area contributed by atoms with E-state index in [1.54, 1.807) is 12.1 Å². The van der Waals surface area contributed by atoms with Crippen LogP contribution < -0.4 is 19.4 Å². The van der Waals surface area contributed by atoms with Gasteiger partial charge in [0.1, 0.15) is 12.4 Å². The molecule has 0 bridgehead atoms. The lowest BCUT2D eigenvalue weighted by atomic mass is 9.94. The van der Waals surface area contributed by atoms with Crippen LogP contribution in [0.15, 0.2) is 54.6 Å². The van der Waals surface area contributed by atoms with E-state index >= 15 is 0 Å². The quantitative estimate of drug-likeness (QED) is 0.113. The summed E-state index contributed by atoms with van der Waals surface area (Å²) in [4.78, 5) is 20.3. The molecule has 0 radical (unpaired) electrons. The molecule has 0 fully saturated rings. The van der Waals surface area contributed by atoms with Crippen molar-refractivity contribution in [2.75, 3.05) is 61.0 Å². The molecule has 9 heteroatoms. The zero-order valence-electron chi connectivity index (χ0n) is 24.6. The summed E-state index contributed by atoms with van der Waals surface area (Å²) < 4.78 is 6.28. The van der Waals surface area contributed by atoms with E-state index in [1.165, 1.54) is 6.07 Å². The van der Waals surface area contributed by atoms with Gasteiger partial charge in [-0.1, -0.05) is 30.3 Å². The summed E-state index contributed by atoms with van der Waals surface area (Å²) in [6.45, 7) is 9.89. The molecule has 2 unspecified atom stereocenters. The third-order valence-electron chi connectivity index (χ3n) is 7.15. The fourth-order valence-corrected chi connectivity index (χ4v) is 5.43. The second-order valence-electron chi connectivity index (χ2n) is 10.1. The second-order valence-corrected chi connectivity index (χ2v) is 11.6.